The van der Waals surface area contributed by atoms with E-state index >= 15 is 0 Å². The van der Waals surface area contributed by atoms with Crippen LogP contribution in [0.4, 0.5) is 0 Å². The molecule has 0 aromatic carbocycles. The third kappa shape index (κ3) is 2.46. The second kappa shape index (κ2) is 4.42. The van der Waals surface area contributed by atoms with E-state index in [1.807, 2.05) is 0 Å². The van der Waals surface area contributed by atoms with E-state index in [1.54, 1.807) is 6.92 Å². The molecule has 2 atom stereocenters. The van der Waals surface area contributed by atoms with E-state index < -0.39 is 0 Å². The summed E-state index contributed by atoms with van der Waals surface area (Å²) in [4.78, 5) is 11.2. The van der Waals surface area contributed by atoms with Gasteiger partial charge in [0.25, 0.3) is 0 Å². The second-order valence-corrected chi connectivity index (χ2v) is 2.88. The minimum absolute atomic E-state index is 0.0614. The van der Waals surface area contributed by atoms with Gasteiger partial charge in [-0.25, -0.2) is 0 Å². The van der Waals surface area contributed by atoms with Crippen molar-refractivity contribution in [1.29, 1.82) is 0 Å². The van der Waals surface area contributed by atoms with Gasteiger partial charge in [0.1, 0.15) is 6.23 Å². The molecule has 0 amide bonds. The summed E-state index contributed by atoms with van der Waals surface area (Å²) in [5.74, 6) is -0.204. The van der Waals surface area contributed by atoms with Crippen LogP contribution in [0.2, 0.25) is 0 Å². The Morgan fingerprint density at radius 3 is 3.08 bits per heavy atom. The molecule has 2 N–H and O–H groups in total. The lowest BCUT2D eigenvalue weighted by Crippen LogP contribution is -2.36. The summed E-state index contributed by atoms with van der Waals surface area (Å²) in [6, 6.07) is 0. The van der Waals surface area contributed by atoms with Crippen molar-refractivity contribution in [3.63, 3.8) is 0 Å². The number of carbonyl (C=O) groups is 1. The molecule has 1 heterocycles. The van der Waals surface area contributed by atoms with Gasteiger partial charge >= 0.3 is 5.97 Å². The normalized spacial score (nSPS) is 29.8. The lowest BCUT2D eigenvalue weighted by Gasteiger charge is -2.25. The molecule has 1 aliphatic heterocycles. The van der Waals surface area contributed by atoms with E-state index in [1.165, 1.54) is 0 Å². The summed E-state index contributed by atoms with van der Waals surface area (Å²) in [5, 5.41) is 0. The molecule has 0 radical (unpaired) electrons. The Balaban J connectivity index is 2.35. The highest BCUT2D eigenvalue weighted by molar-refractivity contribution is 5.72. The van der Waals surface area contributed by atoms with Crippen LogP contribution in [0.5, 0.6) is 0 Å². The summed E-state index contributed by atoms with van der Waals surface area (Å²) in [6.07, 6.45) is 1.01. The van der Waals surface area contributed by atoms with Crippen molar-refractivity contribution in [1.82, 2.24) is 0 Å². The van der Waals surface area contributed by atoms with Gasteiger partial charge in [0.2, 0.25) is 0 Å². The number of rotatable bonds is 2. The first-order valence-electron chi connectivity index (χ1n) is 4.28. The number of nitrogens with two attached hydrogens (primary N) is 1. The Bertz CT molecular complexity index is 160. The zero-order valence-corrected chi connectivity index (χ0v) is 7.29. The number of hydrogen-bond acceptors (Lipinski definition) is 4. The SMILES string of the molecule is CCOC(=O)C1CCOC(N)C1. The van der Waals surface area contributed by atoms with Crippen LogP contribution in [-0.2, 0) is 14.3 Å². The van der Waals surface area contributed by atoms with Gasteiger partial charge in [-0.1, -0.05) is 0 Å². The number of carbonyl (C=O) groups excluding carboxylic acids is 1. The molecule has 0 bridgehead atoms. The minimum Gasteiger partial charge on any atom is -0.466 e. The van der Waals surface area contributed by atoms with Crippen LogP contribution in [0.1, 0.15) is 19.8 Å². The molecule has 1 saturated heterocycles. The van der Waals surface area contributed by atoms with Crippen LogP contribution in [0.3, 0.4) is 0 Å². The Labute approximate surface area is 72.0 Å². The van der Waals surface area contributed by atoms with Crippen molar-refractivity contribution < 1.29 is 14.3 Å². The van der Waals surface area contributed by atoms with Crippen molar-refractivity contribution in [2.45, 2.75) is 26.0 Å². The van der Waals surface area contributed by atoms with Gasteiger partial charge in [0.15, 0.2) is 0 Å². The smallest absolute Gasteiger partial charge is 0.309 e. The average Bonchev–Trinajstić information content (AvgIpc) is 2.05. The fourth-order valence-electron chi connectivity index (χ4n) is 1.30. The van der Waals surface area contributed by atoms with Crippen molar-refractivity contribution in [2.75, 3.05) is 13.2 Å². The summed E-state index contributed by atoms with van der Waals surface area (Å²) in [6.45, 7) is 2.80. The average molecular weight is 173 g/mol. The summed E-state index contributed by atoms with van der Waals surface area (Å²) in [7, 11) is 0. The molecule has 2 unspecified atom stereocenters. The maximum Gasteiger partial charge on any atom is 0.309 e. The van der Waals surface area contributed by atoms with Crippen LogP contribution in [0, 0.1) is 5.92 Å². The van der Waals surface area contributed by atoms with E-state index in [0.29, 0.717) is 19.6 Å². The molecular formula is C8H15NO3. The molecule has 1 rings (SSSR count). The first-order valence-corrected chi connectivity index (χ1v) is 4.28. The van der Waals surface area contributed by atoms with Crippen molar-refractivity contribution in [3.05, 3.63) is 0 Å². The molecule has 0 aromatic heterocycles. The van der Waals surface area contributed by atoms with Crippen LogP contribution >= 0.6 is 0 Å². The first-order chi connectivity index (χ1) is 5.74. The third-order valence-corrected chi connectivity index (χ3v) is 1.93. The van der Waals surface area contributed by atoms with Gasteiger partial charge < -0.3 is 15.2 Å². The lowest BCUT2D eigenvalue weighted by atomic mass is 9.99. The van der Waals surface area contributed by atoms with Crippen LogP contribution in [-0.4, -0.2) is 25.4 Å². The molecular weight excluding hydrogens is 158 g/mol. The highest BCUT2D eigenvalue weighted by Gasteiger charge is 2.26. The van der Waals surface area contributed by atoms with Gasteiger partial charge in [-0.05, 0) is 13.3 Å². The minimum atomic E-state index is -0.298. The van der Waals surface area contributed by atoms with Gasteiger partial charge in [0, 0.05) is 13.0 Å². The summed E-state index contributed by atoms with van der Waals surface area (Å²) >= 11 is 0. The molecule has 12 heavy (non-hydrogen) atoms. The highest BCUT2D eigenvalue weighted by atomic mass is 16.5. The van der Waals surface area contributed by atoms with Crippen LogP contribution in [0.25, 0.3) is 0 Å². The molecule has 0 spiro atoms. The predicted molar refractivity (Wildman–Crippen MR) is 43.3 cm³/mol. The van der Waals surface area contributed by atoms with Crippen molar-refractivity contribution in [2.24, 2.45) is 11.7 Å². The third-order valence-electron chi connectivity index (χ3n) is 1.93. The van der Waals surface area contributed by atoms with Crippen LogP contribution in [0.15, 0.2) is 0 Å². The van der Waals surface area contributed by atoms with E-state index in [4.69, 9.17) is 15.2 Å². The predicted octanol–water partition coefficient (Wildman–Crippen LogP) is 0.261. The molecule has 4 nitrogen and oxygen atoms in total. The Morgan fingerprint density at radius 1 is 1.75 bits per heavy atom. The number of ether oxygens (including phenoxy) is 2. The lowest BCUT2D eigenvalue weighted by molar-refractivity contribution is -0.153. The fraction of sp³-hybridized carbons (Fsp3) is 0.875. The molecule has 0 saturated carbocycles. The van der Waals surface area contributed by atoms with Crippen molar-refractivity contribution in [3.8, 4) is 0 Å². The van der Waals surface area contributed by atoms with E-state index in [9.17, 15) is 4.79 Å². The van der Waals surface area contributed by atoms with E-state index in [0.717, 1.165) is 6.42 Å². The fourth-order valence-corrected chi connectivity index (χ4v) is 1.30. The molecule has 4 heteroatoms. The standard InChI is InChI=1S/C8H15NO3/c1-2-11-8(10)6-3-4-12-7(9)5-6/h6-7H,2-5,9H2,1H3. The topological polar surface area (TPSA) is 61.5 Å². The van der Waals surface area contributed by atoms with E-state index in [-0.39, 0.29) is 18.1 Å². The first kappa shape index (κ1) is 9.48. The summed E-state index contributed by atoms with van der Waals surface area (Å²) in [5.41, 5.74) is 5.53. The van der Waals surface area contributed by atoms with Gasteiger partial charge in [0.05, 0.1) is 12.5 Å². The van der Waals surface area contributed by atoms with Gasteiger partial charge in [-0.3, -0.25) is 4.79 Å². The number of hydrogen-bond donors (Lipinski definition) is 1. The molecule has 0 aliphatic carbocycles. The van der Waals surface area contributed by atoms with Crippen LogP contribution < -0.4 is 5.73 Å². The Morgan fingerprint density at radius 2 is 2.50 bits per heavy atom. The van der Waals surface area contributed by atoms with Crippen molar-refractivity contribution >= 4 is 5.97 Å². The molecule has 70 valence electrons. The highest BCUT2D eigenvalue weighted by Crippen LogP contribution is 2.18. The van der Waals surface area contributed by atoms with Gasteiger partial charge in [-0.2, -0.15) is 0 Å². The largest absolute Gasteiger partial charge is 0.466 e. The maximum absolute atomic E-state index is 11.2. The molecule has 1 fully saturated rings. The maximum atomic E-state index is 11.2. The van der Waals surface area contributed by atoms with E-state index in [2.05, 4.69) is 0 Å². The quantitative estimate of drug-likeness (QED) is 0.608. The second-order valence-electron chi connectivity index (χ2n) is 2.88. The Hall–Kier alpha value is -0.610. The summed E-state index contributed by atoms with van der Waals surface area (Å²) < 4.78 is 9.99. The Kier molecular flexibility index (Phi) is 3.49. The number of esters is 1. The molecule has 0 aromatic rings. The monoisotopic (exact) mass is 173 g/mol. The van der Waals surface area contributed by atoms with Gasteiger partial charge in [-0.15, -0.1) is 0 Å². The zero-order chi connectivity index (χ0) is 8.97. The molecule has 1 aliphatic rings. The zero-order valence-electron chi connectivity index (χ0n) is 7.29.